The van der Waals surface area contributed by atoms with Crippen molar-refractivity contribution < 1.29 is 31.1 Å². The number of aromatic nitrogens is 4. The molecule has 0 aliphatic rings. The minimum Gasteiger partial charge on any atom is -0.406 e. The highest BCUT2D eigenvalue weighted by atomic mass is 19.4. The first kappa shape index (κ1) is 26.2. The first-order valence-electron chi connectivity index (χ1n) is 10.6. The molecule has 0 saturated carbocycles. The molecule has 2 heterocycles. The molecule has 2 N–H and O–H groups in total. The van der Waals surface area contributed by atoms with Crippen LogP contribution in [0.15, 0.2) is 89.2 Å². The summed E-state index contributed by atoms with van der Waals surface area (Å²) < 4.78 is 83.6. The molecule has 0 unspecified atom stereocenters. The predicted octanol–water partition coefficient (Wildman–Crippen LogP) is 5.12. The Bertz CT molecular complexity index is 1580. The van der Waals surface area contributed by atoms with Gasteiger partial charge in [0.05, 0.1) is 17.6 Å². The molecule has 0 fully saturated rings. The van der Waals surface area contributed by atoms with Crippen molar-refractivity contribution in [2.45, 2.75) is 12.9 Å². The first-order valence-corrected chi connectivity index (χ1v) is 10.6. The lowest BCUT2D eigenvalue weighted by atomic mass is 10.1. The summed E-state index contributed by atoms with van der Waals surface area (Å²) in [5.41, 5.74) is 4.87. The summed E-state index contributed by atoms with van der Waals surface area (Å²) in [5, 5.41) is 7.65. The number of allylic oxidation sites excluding steroid dienone is 1. The van der Waals surface area contributed by atoms with Crippen LogP contribution in [0, 0.1) is 5.82 Å². The maximum atomic E-state index is 15.0. The zero-order valence-electron chi connectivity index (χ0n) is 19.0. The molecule has 2 aromatic carbocycles. The largest absolute Gasteiger partial charge is 0.573 e. The van der Waals surface area contributed by atoms with Crippen molar-refractivity contribution in [3.8, 4) is 22.6 Å². The Morgan fingerprint density at radius 2 is 1.89 bits per heavy atom. The maximum absolute atomic E-state index is 15.0. The van der Waals surface area contributed by atoms with Crippen LogP contribution in [0.4, 0.5) is 32.0 Å². The summed E-state index contributed by atoms with van der Waals surface area (Å²) in [4.78, 5) is 16.7. The number of hydrogen-bond donors (Lipinski definition) is 1. The second-order valence-corrected chi connectivity index (χ2v) is 7.53. The highest BCUT2D eigenvalue weighted by Crippen LogP contribution is 2.27. The van der Waals surface area contributed by atoms with E-state index < -0.39 is 29.9 Å². The number of aliphatic imine (C=N–C) groups is 1. The van der Waals surface area contributed by atoms with E-state index in [2.05, 4.69) is 19.9 Å². The van der Waals surface area contributed by atoms with Gasteiger partial charge in [-0.1, -0.05) is 12.1 Å². The van der Waals surface area contributed by atoms with Crippen molar-refractivity contribution in [2.75, 3.05) is 0 Å². The number of hydrogen-bond acceptors (Lipinski definition) is 6. The van der Waals surface area contributed by atoms with Crippen LogP contribution in [-0.2, 0) is 0 Å². The van der Waals surface area contributed by atoms with Crippen LogP contribution in [0.2, 0.25) is 0 Å². The molecular weight excluding hydrogens is 518 g/mol. The average Bonchev–Trinajstić information content (AvgIpc) is 3.34. The van der Waals surface area contributed by atoms with Crippen molar-refractivity contribution in [1.82, 2.24) is 19.6 Å². The van der Waals surface area contributed by atoms with Crippen LogP contribution in [0.5, 0.6) is 5.75 Å². The van der Waals surface area contributed by atoms with Gasteiger partial charge < -0.3 is 10.5 Å². The van der Waals surface area contributed by atoms with Gasteiger partial charge in [0.15, 0.2) is 5.69 Å². The summed E-state index contributed by atoms with van der Waals surface area (Å²) >= 11 is 0. The SMILES string of the molecule is NC=CC(=Nc1cccc(OC(F)(F)F)c1)c1nn(-c2ccc(-c3cnn(C(F)F)c3)cc2F)ccc1=O. The third kappa shape index (κ3) is 6.08. The zero-order chi connectivity index (χ0) is 27.4. The van der Waals surface area contributed by atoms with Crippen LogP contribution in [-0.4, -0.2) is 31.6 Å². The smallest absolute Gasteiger partial charge is 0.406 e. The van der Waals surface area contributed by atoms with Gasteiger partial charge in [-0.2, -0.15) is 19.0 Å². The fourth-order valence-corrected chi connectivity index (χ4v) is 3.33. The van der Waals surface area contributed by atoms with Crippen molar-refractivity contribution in [2.24, 2.45) is 10.7 Å². The fraction of sp³-hybridized carbons (Fsp3) is 0.0833. The third-order valence-corrected chi connectivity index (χ3v) is 4.94. The Hall–Kier alpha value is -4.88. The van der Waals surface area contributed by atoms with Gasteiger partial charge in [-0.15, -0.1) is 13.2 Å². The summed E-state index contributed by atoms with van der Waals surface area (Å²) in [6.07, 6.45) is 0.743. The van der Waals surface area contributed by atoms with Gasteiger partial charge >= 0.3 is 12.9 Å². The van der Waals surface area contributed by atoms with Gasteiger partial charge in [-0.05, 0) is 42.1 Å². The standard InChI is InChI=1S/C24H16F6N6O2/c25-18-10-14(15-12-32-36(13-15)23(26)27)4-5-20(18)35-9-7-21(37)22(34-35)19(6-8-31)33-16-2-1-3-17(11-16)38-24(28,29)30/h1-13,23H,31H2. The van der Waals surface area contributed by atoms with Crippen LogP contribution >= 0.6 is 0 Å². The summed E-state index contributed by atoms with van der Waals surface area (Å²) in [6.45, 7) is -2.85. The molecule has 0 spiro atoms. The lowest BCUT2D eigenvalue weighted by molar-refractivity contribution is -0.274. The van der Waals surface area contributed by atoms with Crippen molar-refractivity contribution in [3.63, 3.8) is 0 Å². The summed E-state index contributed by atoms with van der Waals surface area (Å²) in [5.74, 6) is -1.33. The number of halogens is 6. The van der Waals surface area contributed by atoms with Gasteiger partial charge in [0.25, 0.3) is 0 Å². The van der Waals surface area contributed by atoms with E-state index in [0.29, 0.717) is 4.68 Å². The molecular formula is C24H16F6N6O2. The number of ether oxygens (including phenoxy) is 1. The second kappa shape index (κ2) is 10.6. The van der Waals surface area contributed by atoms with E-state index in [1.165, 1.54) is 36.5 Å². The molecule has 0 saturated heterocycles. The monoisotopic (exact) mass is 534 g/mol. The molecule has 0 bridgehead atoms. The van der Waals surface area contributed by atoms with Gasteiger partial charge in [0.2, 0.25) is 5.43 Å². The number of nitrogens with two attached hydrogens (primary N) is 1. The lowest BCUT2D eigenvalue weighted by Crippen LogP contribution is -2.21. The van der Waals surface area contributed by atoms with E-state index in [1.807, 2.05) is 0 Å². The van der Waals surface area contributed by atoms with E-state index in [0.717, 1.165) is 47.5 Å². The Balaban J connectivity index is 1.71. The Labute approximate surface area is 209 Å². The van der Waals surface area contributed by atoms with Crippen LogP contribution in [0.25, 0.3) is 16.8 Å². The number of benzene rings is 2. The summed E-state index contributed by atoms with van der Waals surface area (Å²) in [7, 11) is 0. The molecule has 0 aliphatic heterocycles. The van der Waals surface area contributed by atoms with Crippen molar-refractivity contribution in [3.05, 3.63) is 101 Å². The van der Waals surface area contributed by atoms with Gasteiger partial charge in [-0.25, -0.2) is 18.7 Å². The molecule has 0 atom stereocenters. The molecule has 0 amide bonds. The third-order valence-electron chi connectivity index (χ3n) is 4.94. The second-order valence-electron chi connectivity index (χ2n) is 7.53. The number of nitrogens with zero attached hydrogens (tertiary/aromatic N) is 5. The molecule has 2 aromatic heterocycles. The topological polar surface area (TPSA) is 100 Å². The first-order chi connectivity index (χ1) is 18.0. The van der Waals surface area contributed by atoms with Crippen molar-refractivity contribution >= 4 is 11.4 Å². The van der Waals surface area contributed by atoms with Crippen LogP contribution in [0.3, 0.4) is 0 Å². The summed E-state index contributed by atoms with van der Waals surface area (Å²) in [6, 6.07) is 9.64. The van der Waals surface area contributed by atoms with Gasteiger partial charge in [-0.3, -0.25) is 4.79 Å². The molecule has 38 heavy (non-hydrogen) atoms. The predicted molar refractivity (Wildman–Crippen MR) is 125 cm³/mol. The zero-order valence-corrected chi connectivity index (χ0v) is 19.0. The Morgan fingerprint density at radius 1 is 1.11 bits per heavy atom. The molecule has 196 valence electrons. The average molecular weight is 534 g/mol. The quantitative estimate of drug-likeness (QED) is 0.262. The van der Waals surface area contributed by atoms with E-state index in [-0.39, 0.29) is 33.9 Å². The van der Waals surface area contributed by atoms with E-state index in [4.69, 9.17) is 5.73 Å². The number of alkyl halides is 5. The lowest BCUT2D eigenvalue weighted by Gasteiger charge is -2.11. The molecule has 0 aliphatic carbocycles. The van der Waals surface area contributed by atoms with E-state index >= 15 is 4.39 Å². The molecule has 0 radical (unpaired) electrons. The maximum Gasteiger partial charge on any atom is 0.573 e. The highest BCUT2D eigenvalue weighted by Gasteiger charge is 2.31. The normalized spacial score (nSPS) is 12.4. The highest BCUT2D eigenvalue weighted by molar-refractivity contribution is 6.08. The molecule has 4 aromatic rings. The molecule has 14 heteroatoms. The fourth-order valence-electron chi connectivity index (χ4n) is 3.33. The van der Waals surface area contributed by atoms with Crippen LogP contribution in [0.1, 0.15) is 12.2 Å². The number of rotatable bonds is 7. The minimum atomic E-state index is -4.92. The van der Waals surface area contributed by atoms with Gasteiger partial charge in [0, 0.05) is 30.1 Å². The molecule has 4 rings (SSSR count). The van der Waals surface area contributed by atoms with E-state index in [1.54, 1.807) is 0 Å². The molecule has 8 nitrogen and oxygen atoms in total. The van der Waals surface area contributed by atoms with Crippen molar-refractivity contribution in [1.29, 1.82) is 0 Å². The Kier molecular flexibility index (Phi) is 7.32. The van der Waals surface area contributed by atoms with Crippen LogP contribution < -0.4 is 15.9 Å². The van der Waals surface area contributed by atoms with Gasteiger partial charge in [0.1, 0.15) is 17.3 Å². The van der Waals surface area contributed by atoms with E-state index in [9.17, 15) is 26.7 Å². The minimum absolute atomic E-state index is 0.00340. The Morgan fingerprint density at radius 3 is 2.55 bits per heavy atom.